The minimum Gasteiger partial charge on any atom is -0.351 e. The maximum Gasteiger partial charge on any atom is 0.218 e. The van der Waals surface area contributed by atoms with Crippen LogP contribution in [0.3, 0.4) is 0 Å². The molecule has 2 bridgehead atoms. The number of quaternary nitrogens is 1. The number of Topliss-reactive ketones (excluding diaryl/α,β-unsaturated/α-hetero) is 1. The molecule has 0 aliphatic carbocycles. The smallest absolute Gasteiger partial charge is 0.218 e. The Labute approximate surface area is 115 Å². The fourth-order valence-corrected chi connectivity index (χ4v) is 3.50. The van der Waals surface area contributed by atoms with Gasteiger partial charge in [0.2, 0.25) is 5.78 Å². The fraction of sp³-hybridized carbons (Fsp3) is 0.667. The molecule has 0 saturated carbocycles. The average Bonchev–Trinajstić information content (AvgIpc) is 2.68. The van der Waals surface area contributed by atoms with Crippen LogP contribution in [-0.4, -0.2) is 65.5 Å². The van der Waals surface area contributed by atoms with Crippen LogP contribution in [0.2, 0.25) is 0 Å². The zero-order valence-electron chi connectivity index (χ0n) is 12.3. The topological polar surface area (TPSA) is 25.2 Å². The van der Waals surface area contributed by atoms with Crippen LogP contribution >= 0.6 is 0 Å². The summed E-state index contributed by atoms with van der Waals surface area (Å²) in [6.45, 7) is 11.8. The van der Waals surface area contributed by atoms with E-state index in [1.165, 1.54) is 25.3 Å². The molecular formula is C15H24N3O+. The van der Waals surface area contributed by atoms with Gasteiger partial charge in [0, 0.05) is 43.6 Å². The Morgan fingerprint density at radius 2 is 1.79 bits per heavy atom. The molecule has 3 aliphatic heterocycles. The standard InChI is InChI=1S/C15H24N3O/c1-12-10-14(13(2)16(12)3)15(19)11-18-7-4-17(5-8-18)6-9-18/h10H,4-9,11H2,1-3H3/q+1. The summed E-state index contributed by atoms with van der Waals surface area (Å²) in [4.78, 5) is 15.2. The van der Waals surface area contributed by atoms with E-state index in [4.69, 9.17) is 0 Å². The molecule has 4 heteroatoms. The molecule has 0 amide bonds. The van der Waals surface area contributed by atoms with Gasteiger partial charge in [0.15, 0.2) is 0 Å². The molecule has 0 unspecified atom stereocenters. The van der Waals surface area contributed by atoms with Gasteiger partial charge in [-0.1, -0.05) is 0 Å². The molecule has 4 nitrogen and oxygen atoms in total. The summed E-state index contributed by atoms with van der Waals surface area (Å²) in [5, 5.41) is 0. The van der Waals surface area contributed by atoms with Crippen LogP contribution in [-0.2, 0) is 7.05 Å². The van der Waals surface area contributed by atoms with E-state index >= 15 is 0 Å². The van der Waals surface area contributed by atoms with Gasteiger partial charge in [0.05, 0.1) is 19.6 Å². The monoisotopic (exact) mass is 262 g/mol. The first-order chi connectivity index (χ1) is 9.01. The molecule has 3 saturated heterocycles. The molecule has 0 aromatic carbocycles. The predicted molar refractivity (Wildman–Crippen MR) is 75.4 cm³/mol. The highest BCUT2D eigenvalue weighted by atomic mass is 16.1. The third-order valence-corrected chi connectivity index (χ3v) is 5.23. The van der Waals surface area contributed by atoms with Crippen molar-refractivity contribution in [2.75, 3.05) is 45.8 Å². The Bertz CT molecular complexity index is 496. The third-order valence-electron chi connectivity index (χ3n) is 5.23. The number of ketones is 1. The van der Waals surface area contributed by atoms with Crippen LogP contribution in [0.1, 0.15) is 21.7 Å². The highest BCUT2D eigenvalue weighted by Crippen LogP contribution is 2.22. The lowest BCUT2D eigenvalue weighted by Gasteiger charge is -2.50. The van der Waals surface area contributed by atoms with Gasteiger partial charge in [-0.25, -0.2) is 0 Å². The molecule has 1 aromatic rings. The van der Waals surface area contributed by atoms with E-state index in [1.807, 2.05) is 14.0 Å². The van der Waals surface area contributed by atoms with E-state index < -0.39 is 0 Å². The molecule has 3 aliphatic rings. The summed E-state index contributed by atoms with van der Waals surface area (Å²) in [6, 6.07) is 2.05. The number of carbonyl (C=O) groups excluding carboxylic acids is 1. The SMILES string of the molecule is Cc1cc(C(=O)C[N+]23CCN(CC2)CC3)c(C)n1C. The van der Waals surface area contributed by atoms with Crippen LogP contribution < -0.4 is 0 Å². The summed E-state index contributed by atoms with van der Waals surface area (Å²) in [5.41, 5.74) is 3.21. The quantitative estimate of drug-likeness (QED) is 0.599. The van der Waals surface area contributed by atoms with Crippen molar-refractivity contribution in [2.45, 2.75) is 13.8 Å². The zero-order valence-corrected chi connectivity index (χ0v) is 12.3. The first kappa shape index (κ1) is 12.9. The number of aromatic nitrogens is 1. The van der Waals surface area contributed by atoms with Gasteiger partial charge in [-0.3, -0.25) is 9.69 Å². The lowest BCUT2D eigenvalue weighted by atomic mass is 10.1. The molecule has 104 valence electrons. The maximum atomic E-state index is 12.6. The van der Waals surface area contributed by atoms with E-state index in [2.05, 4.69) is 22.5 Å². The minimum absolute atomic E-state index is 0.330. The third kappa shape index (κ3) is 2.13. The van der Waals surface area contributed by atoms with Crippen LogP contribution in [0.4, 0.5) is 0 Å². The Hall–Kier alpha value is -1.13. The number of piperazine rings is 3. The summed E-state index contributed by atoms with van der Waals surface area (Å²) in [6.07, 6.45) is 0. The number of hydrogen-bond donors (Lipinski definition) is 0. The van der Waals surface area contributed by atoms with Crippen LogP contribution in [0, 0.1) is 13.8 Å². The largest absolute Gasteiger partial charge is 0.351 e. The molecular weight excluding hydrogens is 238 g/mol. The van der Waals surface area contributed by atoms with Gasteiger partial charge in [-0.2, -0.15) is 0 Å². The molecule has 19 heavy (non-hydrogen) atoms. The molecule has 3 fully saturated rings. The van der Waals surface area contributed by atoms with Gasteiger partial charge in [0.25, 0.3) is 0 Å². The lowest BCUT2D eigenvalue weighted by molar-refractivity contribution is -0.933. The second-order valence-electron chi connectivity index (χ2n) is 6.28. The number of aryl methyl sites for hydroxylation is 1. The Kier molecular flexibility index (Phi) is 3.02. The summed E-state index contributed by atoms with van der Waals surface area (Å²) < 4.78 is 3.13. The molecule has 0 spiro atoms. The lowest BCUT2D eigenvalue weighted by Crippen LogP contribution is -2.68. The van der Waals surface area contributed by atoms with E-state index in [0.29, 0.717) is 12.3 Å². The number of hydrogen-bond acceptors (Lipinski definition) is 2. The second kappa shape index (κ2) is 4.46. The first-order valence-electron chi connectivity index (χ1n) is 7.24. The van der Waals surface area contributed by atoms with E-state index in [9.17, 15) is 4.79 Å². The minimum atomic E-state index is 0.330. The molecule has 0 radical (unpaired) electrons. The molecule has 0 atom stereocenters. The summed E-state index contributed by atoms with van der Waals surface area (Å²) in [7, 11) is 2.04. The Balaban J connectivity index is 1.79. The van der Waals surface area contributed by atoms with Gasteiger partial charge in [-0.15, -0.1) is 0 Å². The molecule has 4 rings (SSSR count). The van der Waals surface area contributed by atoms with Crippen molar-refractivity contribution in [2.24, 2.45) is 7.05 Å². The van der Waals surface area contributed by atoms with Gasteiger partial charge in [0.1, 0.15) is 6.54 Å². The van der Waals surface area contributed by atoms with E-state index in [0.717, 1.165) is 35.4 Å². The molecule has 0 N–H and O–H groups in total. The molecule has 1 aromatic heterocycles. The fourth-order valence-electron chi connectivity index (χ4n) is 3.50. The van der Waals surface area contributed by atoms with Gasteiger partial charge < -0.3 is 9.05 Å². The van der Waals surface area contributed by atoms with Crippen molar-refractivity contribution in [3.05, 3.63) is 23.0 Å². The summed E-state index contributed by atoms with van der Waals surface area (Å²) in [5.74, 6) is 0.330. The van der Waals surface area contributed by atoms with Crippen molar-refractivity contribution in [3.8, 4) is 0 Å². The highest BCUT2D eigenvalue weighted by Gasteiger charge is 2.40. The number of carbonyl (C=O) groups is 1. The average molecular weight is 262 g/mol. The predicted octanol–water partition coefficient (Wildman–Crippen LogP) is 0.971. The maximum absolute atomic E-state index is 12.6. The van der Waals surface area contributed by atoms with E-state index in [1.54, 1.807) is 0 Å². The van der Waals surface area contributed by atoms with Gasteiger partial charge in [-0.05, 0) is 19.9 Å². The van der Waals surface area contributed by atoms with Gasteiger partial charge >= 0.3 is 0 Å². The second-order valence-corrected chi connectivity index (χ2v) is 6.28. The zero-order chi connectivity index (χ0) is 13.6. The van der Waals surface area contributed by atoms with Crippen LogP contribution in [0.15, 0.2) is 6.07 Å². The normalized spacial score (nSPS) is 29.7. The highest BCUT2D eigenvalue weighted by molar-refractivity contribution is 5.98. The Morgan fingerprint density at radius 3 is 2.26 bits per heavy atom. The number of nitrogens with zero attached hydrogens (tertiary/aromatic N) is 3. The van der Waals surface area contributed by atoms with Crippen molar-refractivity contribution in [1.82, 2.24) is 9.47 Å². The first-order valence-corrected chi connectivity index (χ1v) is 7.24. The van der Waals surface area contributed by atoms with Crippen molar-refractivity contribution >= 4 is 5.78 Å². The van der Waals surface area contributed by atoms with E-state index in [-0.39, 0.29) is 0 Å². The number of rotatable bonds is 3. The Morgan fingerprint density at radius 1 is 1.21 bits per heavy atom. The van der Waals surface area contributed by atoms with Crippen molar-refractivity contribution < 1.29 is 9.28 Å². The number of fused-ring (bicyclic) bond motifs is 3. The summed E-state index contributed by atoms with van der Waals surface area (Å²) >= 11 is 0. The van der Waals surface area contributed by atoms with Crippen LogP contribution in [0.25, 0.3) is 0 Å². The molecule has 4 heterocycles. The van der Waals surface area contributed by atoms with Crippen LogP contribution in [0.5, 0.6) is 0 Å². The van der Waals surface area contributed by atoms with Crippen molar-refractivity contribution in [1.29, 1.82) is 0 Å². The van der Waals surface area contributed by atoms with Crippen molar-refractivity contribution in [3.63, 3.8) is 0 Å².